The van der Waals surface area contributed by atoms with Crippen LogP contribution in [0, 0.1) is 29.1 Å². The highest BCUT2D eigenvalue weighted by atomic mass is 16.4. The molecule has 0 aromatic carbocycles. The lowest BCUT2D eigenvalue weighted by Gasteiger charge is -2.24. The monoisotopic (exact) mass is 249 g/mol. The molecule has 0 saturated heterocycles. The number of rotatable bonds is 4. The molecule has 4 heteroatoms. The van der Waals surface area contributed by atoms with Crippen LogP contribution < -0.4 is 5.32 Å². The van der Waals surface area contributed by atoms with Crippen molar-refractivity contribution in [3.63, 3.8) is 0 Å². The fourth-order valence-electron chi connectivity index (χ4n) is 3.32. The number of carboxylic acids is 1. The third kappa shape index (κ3) is 1.84. The molecule has 1 amide bonds. The normalized spacial score (nSPS) is 38.7. The summed E-state index contributed by atoms with van der Waals surface area (Å²) in [6.45, 7) is 2.85. The first-order valence-electron chi connectivity index (χ1n) is 6.69. The Kier molecular flexibility index (Phi) is 2.50. The van der Waals surface area contributed by atoms with Gasteiger partial charge in [-0.25, -0.2) is 0 Å². The van der Waals surface area contributed by atoms with Crippen molar-refractivity contribution in [2.45, 2.75) is 26.2 Å². The summed E-state index contributed by atoms with van der Waals surface area (Å²) in [6.07, 6.45) is 7.13. The van der Waals surface area contributed by atoms with E-state index in [-0.39, 0.29) is 29.1 Å². The minimum Gasteiger partial charge on any atom is -0.481 e. The molecule has 4 atom stereocenters. The quantitative estimate of drug-likeness (QED) is 0.741. The molecule has 98 valence electrons. The molecule has 3 aliphatic carbocycles. The van der Waals surface area contributed by atoms with Gasteiger partial charge in [0.2, 0.25) is 5.91 Å². The van der Waals surface area contributed by atoms with Crippen molar-refractivity contribution in [3.05, 3.63) is 12.2 Å². The van der Waals surface area contributed by atoms with Gasteiger partial charge in [-0.1, -0.05) is 19.1 Å². The first-order chi connectivity index (χ1) is 8.50. The van der Waals surface area contributed by atoms with E-state index in [1.165, 1.54) is 0 Å². The first kappa shape index (κ1) is 11.8. The largest absolute Gasteiger partial charge is 0.481 e. The summed E-state index contributed by atoms with van der Waals surface area (Å²) >= 11 is 0. The number of hydrogen-bond acceptors (Lipinski definition) is 2. The van der Waals surface area contributed by atoms with Gasteiger partial charge >= 0.3 is 5.97 Å². The van der Waals surface area contributed by atoms with Gasteiger partial charge in [0, 0.05) is 6.54 Å². The number of amides is 1. The minimum absolute atomic E-state index is 0.0553. The van der Waals surface area contributed by atoms with Crippen LogP contribution in [0.25, 0.3) is 0 Å². The van der Waals surface area contributed by atoms with Crippen molar-refractivity contribution in [2.75, 3.05) is 6.54 Å². The van der Waals surface area contributed by atoms with Crippen LogP contribution in [-0.4, -0.2) is 23.5 Å². The number of carbonyl (C=O) groups excluding carboxylic acids is 1. The summed E-state index contributed by atoms with van der Waals surface area (Å²) in [4.78, 5) is 23.5. The Balaban J connectivity index is 1.68. The van der Waals surface area contributed by atoms with Gasteiger partial charge < -0.3 is 10.4 Å². The number of fused-ring (bicyclic) bond motifs is 2. The van der Waals surface area contributed by atoms with E-state index in [4.69, 9.17) is 0 Å². The molecule has 2 bridgehead atoms. The van der Waals surface area contributed by atoms with Crippen molar-refractivity contribution in [3.8, 4) is 0 Å². The van der Waals surface area contributed by atoms with Crippen molar-refractivity contribution in [1.29, 1.82) is 0 Å². The van der Waals surface area contributed by atoms with Crippen LogP contribution in [0.4, 0.5) is 0 Å². The van der Waals surface area contributed by atoms with Gasteiger partial charge in [0.15, 0.2) is 0 Å². The zero-order chi connectivity index (χ0) is 12.9. The maximum atomic E-state index is 12.2. The van der Waals surface area contributed by atoms with Crippen LogP contribution in [0.2, 0.25) is 0 Å². The Morgan fingerprint density at radius 3 is 2.44 bits per heavy atom. The summed E-state index contributed by atoms with van der Waals surface area (Å²) in [7, 11) is 0. The number of aliphatic carboxylic acids is 1. The van der Waals surface area contributed by atoms with Gasteiger partial charge in [0.25, 0.3) is 0 Å². The molecule has 0 radical (unpaired) electrons. The minimum atomic E-state index is -0.829. The predicted octanol–water partition coefficient (Wildman–Crippen LogP) is 1.43. The van der Waals surface area contributed by atoms with E-state index in [1.807, 2.05) is 12.2 Å². The molecule has 2 fully saturated rings. The maximum absolute atomic E-state index is 12.2. The Labute approximate surface area is 106 Å². The van der Waals surface area contributed by atoms with Crippen LogP contribution in [0.1, 0.15) is 26.2 Å². The van der Waals surface area contributed by atoms with Gasteiger partial charge in [0.1, 0.15) is 0 Å². The summed E-state index contributed by atoms with van der Waals surface area (Å²) < 4.78 is 0. The van der Waals surface area contributed by atoms with Crippen LogP contribution in [0.15, 0.2) is 12.2 Å². The number of hydrogen-bond donors (Lipinski definition) is 2. The highest BCUT2D eigenvalue weighted by Crippen LogP contribution is 2.48. The molecule has 0 aromatic rings. The smallest absolute Gasteiger partial charge is 0.307 e. The Hall–Kier alpha value is -1.32. The van der Waals surface area contributed by atoms with E-state index in [9.17, 15) is 14.7 Å². The van der Waals surface area contributed by atoms with Gasteiger partial charge in [-0.05, 0) is 36.5 Å². The molecule has 2 saturated carbocycles. The fourth-order valence-corrected chi connectivity index (χ4v) is 3.32. The average molecular weight is 249 g/mol. The molecule has 0 aliphatic heterocycles. The zero-order valence-electron chi connectivity index (χ0n) is 10.6. The van der Waals surface area contributed by atoms with Crippen molar-refractivity contribution >= 4 is 11.9 Å². The first-order valence-corrected chi connectivity index (χ1v) is 6.69. The summed E-state index contributed by atoms with van der Waals surface area (Å²) in [5.74, 6) is -1.59. The van der Waals surface area contributed by atoms with Crippen LogP contribution in [0.5, 0.6) is 0 Å². The van der Waals surface area contributed by atoms with Gasteiger partial charge in [-0.3, -0.25) is 9.59 Å². The average Bonchev–Trinajstić information content (AvgIpc) is 2.79. The molecule has 2 N–H and O–H groups in total. The number of allylic oxidation sites excluding steroid dienone is 2. The van der Waals surface area contributed by atoms with E-state index < -0.39 is 11.9 Å². The number of nitrogens with one attached hydrogen (secondary N) is 1. The second-order valence-corrected chi connectivity index (χ2v) is 6.37. The van der Waals surface area contributed by atoms with E-state index in [2.05, 4.69) is 12.2 Å². The SMILES string of the molecule is CC1(CNC(=O)C2C3C=CC(C3)C2C(=O)O)CC1. The van der Waals surface area contributed by atoms with E-state index >= 15 is 0 Å². The molecule has 0 heterocycles. The summed E-state index contributed by atoms with van der Waals surface area (Å²) in [6, 6.07) is 0. The third-order valence-electron chi connectivity index (χ3n) is 4.84. The third-order valence-corrected chi connectivity index (χ3v) is 4.84. The topological polar surface area (TPSA) is 66.4 Å². The lowest BCUT2D eigenvalue weighted by Crippen LogP contribution is -2.41. The van der Waals surface area contributed by atoms with Gasteiger partial charge in [-0.2, -0.15) is 0 Å². The number of carbonyl (C=O) groups is 2. The van der Waals surface area contributed by atoms with E-state index in [0.29, 0.717) is 6.54 Å². The van der Waals surface area contributed by atoms with Gasteiger partial charge in [0.05, 0.1) is 11.8 Å². The lowest BCUT2D eigenvalue weighted by molar-refractivity contribution is -0.147. The van der Waals surface area contributed by atoms with Gasteiger partial charge in [-0.15, -0.1) is 0 Å². The van der Waals surface area contributed by atoms with Crippen molar-refractivity contribution in [2.24, 2.45) is 29.1 Å². The Morgan fingerprint density at radius 2 is 1.89 bits per heavy atom. The zero-order valence-corrected chi connectivity index (χ0v) is 10.6. The van der Waals surface area contributed by atoms with E-state index in [0.717, 1.165) is 19.3 Å². The second kappa shape index (κ2) is 3.84. The second-order valence-electron chi connectivity index (χ2n) is 6.37. The lowest BCUT2D eigenvalue weighted by atomic mass is 9.82. The molecule has 18 heavy (non-hydrogen) atoms. The highest BCUT2D eigenvalue weighted by Gasteiger charge is 2.52. The molecule has 0 aromatic heterocycles. The standard InChI is InChI=1S/C14H19NO3/c1-14(4-5-14)7-15-12(16)10-8-2-3-9(6-8)11(10)13(17)18/h2-3,8-11H,4-7H2,1H3,(H,15,16)(H,17,18). The van der Waals surface area contributed by atoms with Crippen LogP contribution >= 0.6 is 0 Å². The number of carboxylic acid groups (broad SMARTS) is 1. The predicted molar refractivity (Wildman–Crippen MR) is 65.7 cm³/mol. The fraction of sp³-hybridized carbons (Fsp3) is 0.714. The maximum Gasteiger partial charge on any atom is 0.307 e. The Bertz CT molecular complexity index is 425. The highest BCUT2D eigenvalue weighted by molar-refractivity contribution is 5.86. The summed E-state index contributed by atoms with van der Waals surface area (Å²) in [5.41, 5.74) is 0.266. The molecule has 3 aliphatic rings. The van der Waals surface area contributed by atoms with Crippen molar-refractivity contribution in [1.82, 2.24) is 5.32 Å². The summed E-state index contributed by atoms with van der Waals surface area (Å²) in [5, 5.41) is 12.2. The van der Waals surface area contributed by atoms with Crippen molar-refractivity contribution < 1.29 is 14.7 Å². The molecule has 4 nitrogen and oxygen atoms in total. The molecule has 4 unspecified atom stereocenters. The molecular weight excluding hydrogens is 230 g/mol. The van der Waals surface area contributed by atoms with E-state index in [1.54, 1.807) is 0 Å². The Morgan fingerprint density at radius 1 is 1.28 bits per heavy atom. The molecule has 3 rings (SSSR count). The van der Waals surface area contributed by atoms with Crippen LogP contribution in [-0.2, 0) is 9.59 Å². The van der Waals surface area contributed by atoms with Crippen LogP contribution in [0.3, 0.4) is 0 Å². The molecule has 0 spiro atoms. The molecular formula is C14H19NO3.